The van der Waals surface area contributed by atoms with Gasteiger partial charge in [-0.3, -0.25) is 4.79 Å². The highest BCUT2D eigenvalue weighted by atomic mass is 19.1. The van der Waals surface area contributed by atoms with Crippen molar-refractivity contribution in [1.29, 1.82) is 0 Å². The van der Waals surface area contributed by atoms with Crippen molar-refractivity contribution in [3.8, 4) is 0 Å². The number of hydrogen-bond donors (Lipinski definition) is 1. The molecule has 2 atom stereocenters. The molecule has 0 aliphatic carbocycles. The van der Waals surface area contributed by atoms with E-state index in [4.69, 9.17) is 4.74 Å². The second-order valence-electron chi connectivity index (χ2n) is 4.30. The van der Waals surface area contributed by atoms with E-state index in [1.807, 2.05) is 0 Å². The second kappa shape index (κ2) is 5.27. The third-order valence-electron chi connectivity index (χ3n) is 3.23. The Morgan fingerprint density at radius 1 is 1.41 bits per heavy atom. The van der Waals surface area contributed by atoms with E-state index in [0.717, 1.165) is 18.5 Å². The van der Waals surface area contributed by atoms with Crippen LogP contribution in [0.5, 0.6) is 0 Å². The van der Waals surface area contributed by atoms with Crippen molar-refractivity contribution in [2.45, 2.75) is 24.8 Å². The summed E-state index contributed by atoms with van der Waals surface area (Å²) in [5.74, 6) is -0.162. The summed E-state index contributed by atoms with van der Waals surface area (Å²) in [4.78, 5) is 11.5. The number of carbonyl (C=O) groups excluding carboxylic acids is 1. The fourth-order valence-corrected chi connectivity index (χ4v) is 2.28. The molecule has 1 aromatic rings. The van der Waals surface area contributed by atoms with Crippen LogP contribution < -0.4 is 5.32 Å². The molecule has 0 spiro atoms. The summed E-state index contributed by atoms with van der Waals surface area (Å²) in [6.45, 7) is 0.780. The van der Waals surface area contributed by atoms with Crippen molar-refractivity contribution >= 4 is 5.97 Å². The summed E-state index contributed by atoms with van der Waals surface area (Å²) in [5.41, 5.74) is 1.09. The van der Waals surface area contributed by atoms with Crippen molar-refractivity contribution in [3.63, 3.8) is 0 Å². The number of benzene rings is 1. The highest BCUT2D eigenvalue weighted by molar-refractivity contribution is 5.75. The van der Waals surface area contributed by atoms with Gasteiger partial charge >= 0.3 is 5.97 Å². The molecule has 92 valence electrons. The third kappa shape index (κ3) is 2.82. The minimum absolute atomic E-state index is 0.225. The highest BCUT2D eigenvalue weighted by Gasteiger charge is 2.28. The molecule has 0 bridgehead atoms. The average Bonchev–Trinajstić information content (AvgIpc) is 2.39. The number of piperidine rings is 1. The SMILES string of the molecule is COC(=O)[C@H]1C[C@@H](c2ccc(F)cc2)CCN1. The fraction of sp³-hybridized carbons (Fsp3) is 0.462. The molecule has 17 heavy (non-hydrogen) atoms. The molecule has 1 N–H and O–H groups in total. The standard InChI is InChI=1S/C13H16FNO2/c1-17-13(16)12-8-10(6-7-15-12)9-2-4-11(14)5-3-9/h2-5,10,12,15H,6-8H2,1H3/t10-,12+/m0/s1. The number of halogens is 1. The molecular weight excluding hydrogens is 221 g/mol. The van der Waals surface area contributed by atoms with Crippen LogP contribution in [0.4, 0.5) is 4.39 Å². The fourth-order valence-electron chi connectivity index (χ4n) is 2.28. The van der Waals surface area contributed by atoms with Gasteiger partial charge in [0.25, 0.3) is 0 Å². The highest BCUT2D eigenvalue weighted by Crippen LogP contribution is 2.28. The van der Waals surface area contributed by atoms with Gasteiger partial charge in [0.15, 0.2) is 0 Å². The molecule has 3 nitrogen and oxygen atoms in total. The zero-order valence-corrected chi connectivity index (χ0v) is 9.78. The van der Waals surface area contributed by atoms with Crippen LogP contribution >= 0.6 is 0 Å². The molecule has 0 aromatic heterocycles. The largest absolute Gasteiger partial charge is 0.468 e. The maximum Gasteiger partial charge on any atom is 0.322 e. The van der Waals surface area contributed by atoms with E-state index < -0.39 is 0 Å². The summed E-state index contributed by atoms with van der Waals surface area (Å²) < 4.78 is 17.6. The maximum absolute atomic E-state index is 12.8. The monoisotopic (exact) mass is 237 g/mol. The van der Waals surface area contributed by atoms with E-state index >= 15 is 0 Å². The van der Waals surface area contributed by atoms with Gasteiger partial charge in [0.05, 0.1) is 7.11 Å². The number of hydrogen-bond acceptors (Lipinski definition) is 3. The van der Waals surface area contributed by atoms with Crippen LogP contribution in [0.3, 0.4) is 0 Å². The van der Waals surface area contributed by atoms with Crippen molar-refractivity contribution in [1.82, 2.24) is 5.32 Å². The Morgan fingerprint density at radius 2 is 2.12 bits per heavy atom. The van der Waals surface area contributed by atoms with Gasteiger partial charge in [-0.25, -0.2) is 4.39 Å². The van der Waals surface area contributed by atoms with Crippen molar-refractivity contribution in [3.05, 3.63) is 35.6 Å². The smallest absolute Gasteiger partial charge is 0.322 e. The molecule has 0 radical (unpaired) electrons. The van der Waals surface area contributed by atoms with Crippen LogP contribution in [-0.2, 0) is 9.53 Å². The molecule has 1 heterocycles. The molecule has 1 aliphatic rings. The third-order valence-corrected chi connectivity index (χ3v) is 3.23. The molecule has 0 unspecified atom stereocenters. The zero-order valence-electron chi connectivity index (χ0n) is 9.78. The van der Waals surface area contributed by atoms with Crippen molar-refractivity contribution < 1.29 is 13.9 Å². The number of esters is 1. The van der Waals surface area contributed by atoms with Gasteiger partial charge in [0.1, 0.15) is 11.9 Å². The Kier molecular flexibility index (Phi) is 3.74. The number of methoxy groups -OCH3 is 1. The maximum atomic E-state index is 12.8. The lowest BCUT2D eigenvalue weighted by Gasteiger charge is -2.28. The lowest BCUT2D eigenvalue weighted by Crippen LogP contribution is -2.43. The quantitative estimate of drug-likeness (QED) is 0.797. The summed E-state index contributed by atoms with van der Waals surface area (Å²) in [6, 6.07) is 6.26. The Balaban J connectivity index is 2.06. The molecule has 0 amide bonds. The van der Waals surface area contributed by atoms with Crippen LogP contribution in [0.15, 0.2) is 24.3 Å². The van der Waals surface area contributed by atoms with Gasteiger partial charge < -0.3 is 10.1 Å². The first-order valence-corrected chi connectivity index (χ1v) is 5.77. The lowest BCUT2D eigenvalue weighted by atomic mass is 9.86. The van der Waals surface area contributed by atoms with Gasteiger partial charge in [-0.2, -0.15) is 0 Å². The number of nitrogens with one attached hydrogen (secondary N) is 1. The van der Waals surface area contributed by atoms with E-state index in [9.17, 15) is 9.18 Å². The van der Waals surface area contributed by atoms with E-state index in [0.29, 0.717) is 12.3 Å². The zero-order chi connectivity index (χ0) is 12.3. The van der Waals surface area contributed by atoms with Crippen LogP contribution in [-0.4, -0.2) is 25.7 Å². The van der Waals surface area contributed by atoms with Gasteiger partial charge in [0.2, 0.25) is 0 Å². The minimum atomic E-state index is -0.246. The molecule has 4 heteroatoms. The Bertz CT molecular complexity index is 391. The van der Waals surface area contributed by atoms with E-state index in [1.54, 1.807) is 12.1 Å². The Morgan fingerprint density at radius 3 is 2.76 bits per heavy atom. The summed E-state index contributed by atoms with van der Waals surface area (Å²) >= 11 is 0. The lowest BCUT2D eigenvalue weighted by molar-refractivity contribution is -0.143. The predicted octanol–water partition coefficient (Wildman–Crippen LogP) is 1.83. The van der Waals surface area contributed by atoms with Crippen LogP contribution in [0.25, 0.3) is 0 Å². The minimum Gasteiger partial charge on any atom is -0.468 e. The molecule has 1 aliphatic heterocycles. The number of carbonyl (C=O) groups is 1. The predicted molar refractivity (Wildman–Crippen MR) is 62.2 cm³/mol. The van der Waals surface area contributed by atoms with Crippen LogP contribution in [0.1, 0.15) is 24.3 Å². The normalized spacial score (nSPS) is 24.4. The molecule has 1 saturated heterocycles. The molecule has 0 saturated carbocycles. The molecule has 1 fully saturated rings. The Hall–Kier alpha value is -1.42. The van der Waals surface area contributed by atoms with Crippen LogP contribution in [0.2, 0.25) is 0 Å². The average molecular weight is 237 g/mol. The van der Waals surface area contributed by atoms with Gasteiger partial charge in [0, 0.05) is 0 Å². The molecule has 1 aromatic carbocycles. The van der Waals surface area contributed by atoms with E-state index in [2.05, 4.69) is 5.32 Å². The first-order chi connectivity index (χ1) is 8.20. The van der Waals surface area contributed by atoms with Gasteiger partial charge in [-0.05, 0) is 43.0 Å². The first-order valence-electron chi connectivity index (χ1n) is 5.77. The summed E-state index contributed by atoms with van der Waals surface area (Å²) in [7, 11) is 1.39. The number of ether oxygens (including phenoxy) is 1. The Labute approximate surface area is 100.0 Å². The van der Waals surface area contributed by atoms with Gasteiger partial charge in [-0.15, -0.1) is 0 Å². The first kappa shape index (κ1) is 12.0. The molecular formula is C13H16FNO2. The van der Waals surface area contributed by atoms with E-state index in [1.165, 1.54) is 19.2 Å². The summed E-state index contributed by atoms with van der Waals surface area (Å²) in [5, 5.41) is 3.13. The molecule has 2 rings (SSSR count). The van der Waals surface area contributed by atoms with E-state index in [-0.39, 0.29) is 17.8 Å². The summed E-state index contributed by atoms with van der Waals surface area (Å²) in [6.07, 6.45) is 1.66. The van der Waals surface area contributed by atoms with Crippen LogP contribution in [0, 0.1) is 5.82 Å². The second-order valence-corrected chi connectivity index (χ2v) is 4.30. The number of rotatable bonds is 2. The van der Waals surface area contributed by atoms with Crippen molar-refractivity contribution in [2.24, 2.45) is 0 Å². The topological polar surface area (TPSA) is 38.3 Å². The van der Waals surface area contributed by atoms with Crippen molar-refractivity contribution in [2.75, 3.05) is 13.7 Å². The van der Waals surface area contributed by atoms with Gasteiger partial charge in [-0.1, -0.05) is 12.1 Å².